The second-order valence-corrected chi connectivity index (χ2v) is 5.65. The number of hydrogen-bond acceptors (Lipinski definition) is 3. The van der Waals surface area contributed by atoms with E-state index in [2.05, 4.69) is 4.98 Å². The number of benzene rings is 1. The highest BCUT2D eigenvalue weighted by atomic mass is 35.5. The Bertz CT molecular complexity index is 631. The Morgan fingerprint density at radius 1 is 1.26 bits per heavy atom. The maximum atomic E-state index is 12.7. The average Bonchev–Trinajstić information content (AvgIpc) is 2.60. The van der Waals surface area contributed by atoms with Crippen molar-refractivity contribution in [1.29, 1.82) is 0 Å². The van der Waals surface area contributed by atoms with Crippen LogP contribution in [0.1, 0.15) is 31.1 Å². The van der Waals surface area contributed by atoms with Crippen molar-refractivity contribution >= 4 is 17.5 Å². The molecule has 0 N–H and O–H groups in total. The minimum atomic E-state index is -0.506. The maximum Gasteiger partial charge on any atom is 0.252 e. The van der Waals surface area contributed by atoms with Crippen LogP contribution in [-0.4, -0.2) is 35.5 Å². The third-order valence-electron chi connectivity index (χ3n) is 3.79. The third-order valence-corrected chi connectivity index (χ3v) is 4.04. The molecule has 1 aromatic heterocycles. The van der Waals surface area contributed by atoms with E-state index in [1.807, 2.05) is 49.4 Å². The fourth-order valence-electron chi connectivity index (χ4n) is 2.49. The molecule has 4 nitrogen and oxygen atoms in total. The van der Waals surface area contributed by atoms with Crippen LogP contribution in [0.5, 0.6) is 0 Å². The van der Waals surface area contributed by atoms with Crippen molar-refractivity contribution in [3.63, 3.8) is 0 Å². The van der Waals surface area contributed by atoms with Crippen LogP contribution in [0.2, 0.25) is 5.02 Å². The van der Waals surface area contributed by atoms with E-state index in [9.17, 15) is 4.79 Å². The number of pyridine rings is 1. The molecule has 0 bridgehead atoms. The van der Waals surface area contributed by atoms with Gasteiger partial charge in [0.1, 0.15) is 6.10 Å². The molecule has 2 aromatic rings. The van der Waals surface area contributed by atoms with Gasteiger partial charge in [-0.2, -0.15) is 0 Å². The Kier molecular flexibility index (Phi) is 6.13. The highest BCUT2D eigenvalue weighted by Gasteiger charge is 2.29. The van der Waals surface area contributed by atoms with E-state index in [4.69, 9.17) is 16.3 Å². The van der Waals surface area contributed by atoms with Crippen LogP contribution in [0.3, 0.4) is 0 Å². The summed E-state index contributed by atoms with van der Waals surface area (Å²) in [6.45, 7) is 4.25. The molecule has 0 aliphatic rings. The van der Waals surface area contributed by atoms with Gasteiger partial charge in [0.15, 0.2) is 0 Å². The van der Waals surface area contributed by atoms with E-state index >= 15 is 0 Å². The minimum absolute atomic E-state index is 0.0689. The molecular formula is C18H21ClN2O2. The monoisotopic (exact) mass is 332 g/mol. The van der Waals surface area contributed by atoms with Crippen molar-refractivity contribution in [2.45, 2.75) is 26.0 Å². The van der Waals surface area contributed by atoms with Crippen LogP contribution in [0.15, 0.2) is 48.7 Å². The maximum absolute atomic E-state index is 12.7. The number of carbonyl (C=O) groups excluding carboxylic acids is 1. The molecule has 0 aliphatic heterocycles. The number of likely N-dealkylation sites (N-methyl/N-ethyl adjacent to an activating group) is 1. The molecule has 1 aromatic carbocycles. The Morgan fingerprint density at radius 2 is 1.96 bits per heavy atom. The Labute approximate surface area is 142 Å². The van der Waals surface area contributed by atoms with Crippen LogP contribution in [0, 0.1) is 0 Å². The number of halogens is 1. The van der Waals surface area contributed by atoms with Gasteiger partial charge in [-0.3, -0.25) is 9.78 Å². The lowest BCUT2D eigenvalue weighted by atomic mass is 10.0. The second kappa shape index (κ2) is 8.09. The van der Waals surface area contributed by atoms with E-state index in [-0.39, 0.29) is 11.9 Å². The standard InChI is InChI=1S/C18H21ClN2O2/c1-4-21(18(22)13(2)23-3)17(16-7-5-6-12-20-16)14-8-10-15(19)11-9-14/h5-13,17H,4H2,1-3H3. The number of carbonyl (C=O) groups is 1. The Balaban J connectivity index is 2.48. The molecule has 2 unspecified atom stereocenters. The van der Waals surface area contributed by atoms with Gasteiger partial charge < -0.3 is 9.64 Å². The summed E-state index contributed by atoms with van der Waals surface area (Å²) < 4.78 is 5.20. The summed E-state index contributed by atoms with van der Waals surface area (Å²) in [7, 11) is 1.54. The predicted molar refractivity (Wildman–Crippen MR) is 91.4 cm³/mol. The molecule has 0 saturated carbocycles. The van der Waals surface area contributed by atoms with E-state index in [0.717, 1.165) is 11.3 Å². The van der Waals surface area contributed by atoms with Crippen LogP contribution in [0.25, 0.3) is 0 Å². The molecule has 0 radical (unpaired) electrons. The largest absolute Gasteiger partial charge is 0.372 e. The van der Waals surface area contributed by atoms with Gasteiger partial charge in [0.2, 0.25) is 0 Å². The third kappa shape index (κ3) is 4.09. The van der Waals surface area contributed by atoms with Gasteiger partial charge in [0.25, 0.3) is 5.91 Å². The van der Waals surface area contributed by atoms with Gasteiger partial charge in [0.05, 0.1) is 11.7 Å². The first kappa shape index (κ1) is 17.4. The van der Waals surface area contributed by atoms with Gasteiger partial charge in [-0.25, -0.2) is 0 Å². The van der Waals surface area contributed by atoms with Crippen molar-refractivity contribution in [3.05, 3.63) is 64.9 Å². The molecule has 0 spiro atoms. The number of rotatable bonds is 6. The second-order valence-electron chi connectivity index (χ2n) is 5.21. The van der Waals surface area contributed by atoms with E-state index in [1.54, 1.807) is 18.0 Å². The smallest absolute Gasteiger partial charge is 0.252 e. The Hall–Kier alpha value is -1.91. The van der Waals surface area contributed by atoms with Crippen LogP contribution >= 0.6 is 11.6 Å². The average molecular weight is 333 g/mol. The zero-order valence-corrected chi connectivity index (χ0v) is 14.3. The van der Waals surface area contributed by atoms with Crippen molar-refractivity contribution < 1.29 is 9.53 Å². The summed E-state index contributed by atoms with van der Waals surface area (Å²) in [5, 5.41) is 0.660. The lowest BCUT2D eigenvalue weighted by molar-refractivity contribution is -0.142. The molecule has 0 aliphatic carbocycles. The number of nitrogens with zero attached hydrogens (tertiary/aromatic N) is 2. The van der Waals surface area contributed by atoms with E-state index in [0.29, 0.717) is 11.6 Å². The van der Waals surface area contributed by atoms with Crippen LogP contribution in [-0.2, 0) is 9.53 Å². The number of amides is 1. The van der Waals surface area contributed by atoms with Gasteiger partial charge in [-0.05, 0) is 43.7 Å². The first-order chi connectivity index (χ1) is 11.1. The molecule has 2 rings (SSSR count). The van der Waals surface area contributed by atoms with Gasteiger partial charge in [-0.15, -0.1) is 0 Å². The molecule has 23 heavy (non-hydrogen) atoms. The molecule has 0 fully saturated rings. The normalized spacial score (nSPS) is 13.4. The van der Waals surface area contributed by atoms with Crippen LogP contribution < -0.4 is 0 Å². The van der Waals surface area contributed by atoms with Gasteiger partial charge in [-0.1, -0.05) is 29.8 Å². The molecule has 1 heterocycles. The summed E-state index contributed by atoms with van der Waals surface area (Å²) in [5.74, 6) is -0.0689. The summed E-state index contributed by atoms with van der Waals surface area (Å²) in [5.41, 5.74) is 1.78. The zero-order chi connectivity index (χ0) is 16.8. The SMILES string of the molecule is CCN(C(=O)C(C)OC)C(c1ccc(Cl)cc1)c1ccccn1. The summed E-state index contributed by atoms with van der Waals surface area (Å²) in [4.78, 5) is 18.9. The number of hydrogen-bond donors (Lipinski definition) is 0. The topological polar surface area (TPSA) is 42.4 Å². The lowest BCUT2D eigenvalue weighted by Crippen LogP contribution is -2.41. The van der Waals surface area contributed by atoms with Crippen molar-refractivity contribution in [2.75, 3.05) is 13.7 Å². The fraction of sp³-hybridized carbons (Fsp3) is 0.333. The van der Waals surface area contributed by atoms with Gasteiger partial charge >= 0.3 is 0 Å². The van der Waals surface area contributed by atoms with E-state index in [1.165, 1.54) is 7.11 Å². The molecule has 2 atom stereocenters. The predicted octanol–water partition coefficient (Wildman–Crippen LogP) is 3.71. The van der Waals surface area contributed by atoms with Crippen molar-refractivity contribution in [2.24, 2.45) is 0 Å². The Morgan fingerprint density at radius 3 is 2.48 bits per heavy atom. The first-order valence-corrected chi connectivity index (χ1v) is 7.96. The molecule has 122 valence electrons. The van der Waals surface area contributed by atoms with Crippen LogP contribution in [0.4, 0.5) is 0 Å². The number of aromatic nitrogens is 1. The minimum Gasteiger partial charge on any atom is -0.372 e. The highest BCUT2D eigenvalue weighted by Crippen LogP contribution is 2.29. The van der Waals surface area contributed by atoms with Crippen molar-refractivity contribution in [3.8, 4) is 0 Å². The summed E-state index contributed by atoms with van der Waals surface area (Å²) in [6, 6.07) is 12.9. The molecule has 0 saturated heterocycles. The fourth-order valence-corrected chi connectivity index (χ4v) is 2.62. The quantitative estimate of drug-likeness (QED) is 0.810. The lowest BCUT2D eigenvalue weighted by Gasteiger charge is -2.32. The zero-order valence-electron chi connectivity index (χ0n) is 13.6. The highest BCUT2D eigenvalue weighted by molar-refractivity contribution is 6.30. The number of ether oxygens (including phenoxy) is 1. The number of methoxy groups -OCH3 is 1. The van der Waals surface area contributed by atoms with E-state index < -0.39 is 6.10 Å². The molecular weight excluding hydrogens is 312 g/mol. The summed E-state index contributed by atoms with van der Waals surface area (Å²) in [6.07, 6.45) is 1.23. The first-order valence-electron chi connectivity index (χ1n) is 7.58. The summed E-state index contributed by atoms with van der Waals surface area (Å²) >= 11 is 6.00. The van der Waals surface area contributed by atoms with Crippen molar-refractivity contribution in [1.82, 2.24) is 9.88 Å². The molecule has 5 heteroatoms. The van der Waals surface area contributed by atoms with Gasteiger partial charge in [0, 0.05) is 24.9 Å². The molecule has 1 amide bonds.